The van der Waals surface area contributed by atoms with Crippen LogP contribution in [0.15, 0.2) is 24.3 Å². The lowest BCUT2D eigenvalue weighted by atomic mass is 10.1. The minimum atomic E-state index is 0.550. The second kappa shape index (κ2) is 3.78. The third-order valence-electron chi connectivity index (χ3n) is 2.88. The van der Waals surface area contributed by atoms with Crippen LogP contribution in [-0.4, -0.2) is 26.4 Å². The van der Waals surface area contributed by atoms with Crippen LogP contribution in [0.1, 0.15) is 11.5 Å². The lowest BCUT2D eigenvalue weighted by Crippen LogP contribution is -2.08. The Morgan fingerprint density at radius 1 is 1.18 bits per heavy atom. The predicted octanol–water partition coefficient (Wildman–Crippen LogP) is 1.09. The topological polar surface area (TPSA) is 69.1 Å². The maximum absolute atomic E-state index is 5.55. The molecule has 0 aliphatic carbocycles. The standard InChI is InChI=1S/C12H13N5/c1-8-9-4-2-3-5-10(9)12-15-14-11(6-7-13)17(12)16-8/h2-5H,6-7,13H2,1H3. The fraction of sp³-hybridized carbons (Fsp3) is 0.250. The van der Waals surface area contributed by atoms with Gasteiger partial charge in [0.25, 0.3) is 0 Å². The Bertz CT molecular complexity index is 686. The predicted molar refractivity (Wildman–Crippen MR) is 65.8 cm³/mol. The molecule has 3 rings (SSSR count). The molecule has 3 aromatic rings. The summed E-state index contributed by atoms with van der Waals surface area (Å²) < 4.78 is 1.80. The number of nitrogens with zero attached hydrogens (tertiary/aromatic N) is 4. The highest BCUT2D eigenvalue weighted by molar-refractivity contribution is 5.94. The summed E-state index contributed by atoms with van der Waals surface area (Å²) in [4.78, 5) is 0. The van der Waals surface area contributed by atoms with Gasteiger partial charge in [-0.25, -0.2) is 0 Å². The first-order chi connectivity index (χ1) is 8.31. The van der Waals surface area contributed by atoms with Crippen molar-refractivity contribution < 1.29 is 0 Å². The van der Waals surface area contributed by atoms with E-state index in [0.29, 0.717) is 13.0 Å². The molecular weight excluding hydrogens is 214 g/mol. The molecular formula is C12H13N5. The van der Waals surface area contributed by atoms with Crippen molar-refractivity contribution in [1.82, 2.24) is 19.8 Å². The summed E-state index contributed by atoms with van der Waals surface area (Å²) in [6.07, 6.45) is 0.686. The molecule has 0 radical (unpaired) electrons. The van der Waals surface area contributed by atoms with Gasteiger partial charge >= 0.3 is 0 Å². The Kier molecular flexibility index (Phi) is 2.26. The summed E-state index contributed by atoms with van der Waals surface area (Å²) in [5.74, 6) is 0.816. The molecule has 5 nitrogen and oxygen atoms in total. The van der Waals surface area contributed by atoms with Gasteiger partial charge in [0.15, 0.2) is 11.5 Å². The average molecular weight is 227 g/mol. The quantitative estimate of drug-likeness (QED) is 0.711. The van der Waals surface area contributed by atoms with Gasteiger partial charge in [0.2, 0.25) is 0 Å². The Hall–Kier alpha value is -2.01. The van der Waals surface area contributed by atoms with Crippen molar-refractivity contribution in [1.29, 1.82) is 0 Å². The highest BCUT2D eigenvalue weighted by Crippen LogP contribution is 2.20. The van der Waals surface area contributed by atoms with E-state index in [1.807, 2.05) is 25.1 Å². The van der Waals surface area contributed by atoms with E-state index >= 15 is 0 Å². The molecule has 0 aliphatic heterocycles. The fourth-order valence-corrected chi connectivity index (χ4v) is 2.07. The van der Waals surface area contributed by atoms with Gasteiger partial charge in [-0.05, 0) is 13.5 Å². The zero-order valence-electron chi connectivity index (χ0n) is 9.59. The van der Waals surface area contributed by atoms with Crippen LogP contribution in [-0.2, 0) is 6.42 Å². The number of benzene rings is 1. The van der Waals surface area contributed by atoms with Gasteiger partial charge in [-0.1, -0.05) is 24.3 Å². The molecule has 2 N–H and O–H groups in total. The summed E-state index contributed by atoms with van der Waals surface area (Å²) in [6.45, 7) is 2.54. The fourth-order valence-electron chi connectivity index (χ4n) is 2.07. The second-order valence-corrected chi connectivity index (χ2v) is 4.02. The Morgan fingerprint density at radius 2 is 1.94 bits per heavy atom. The molecule has 1 aromatic carbocycles. The summed E-state index contributed by atoms with van der Waals surface area (Å²) in [5, 5.41) is 15.1. The van der Waals surface area contributed by atoms with E-state index in [9.17, 15) is 0 Å². The van der Waals surface area contributed by atoms with Gasteiger partial charge in [-0.3, -0.25) is 0 Å². The number of hydrogen-bond donors (Lipinski definition) is 1. The second-order valence-electron chi connectivity index (χ2n) is 4.02. The van der Waals surface area contributed by atoms with Gasteiger partial charge in [-0.15, -0.1) is 10.2 Å². The lowest BCUT2D eigenvalue weighted by Gasteiger charge is -2.03. The van der Waals surface area contributed by atoms with Crippen LogP contribution in [0, 0.1) is 6.92 Å². The monoisotopic (exact) mass is 227 g/mol. The van der Waals surface area contributed by atoms with Gasteiger partial charge in [0.1, 0.15) is 0 Å². The molecule has 0 bridgehead atoms. The van der Waals surface area contributed by atoms with Gasteiger partial charge in [0, 0.05) is 17.2 Å². The van der Waals surface area contributed by atoms with Crippen molar-refractivity contribution in [3.05, 3.63) is 35.8 Å². The molecule has 17 heavy (non-hydrogen) atoms. The smallest absolute Gasteiger partial charge is 0.185 e. The minimum Gasteiger partial charge on any atom is -0.330 e. The third kappa shape index (κ3) is 1.47. The molecule has 0 spiro atoms. The van der Waals surface area contributed by atoms with Gasteiger partial charge in [-0.2, -0.15) is 9.61 Å². The summed E-state index contributed by atoms with van der Waals surface area (Å²) in [7, 11) is 0. The van der Waals surface area contributed by atoms with E-state index in [1.54, 1.807) is 4.52 Å². The number of aromatic nitrogens is 4. The first kappa shape index (κ1) is 10.2. The van der Waals surface area contributed by atoms with Crippen LogP contribution in [0.3, 0.4) is 0 Å². The molecule has 0 unspecified atom stereocenters. The van der Waals surface area contributed by atoms with E-state index in [4.69, 9.17) is 5.73 Å². The summed E-state index contributed by atoms with van der Waals surface area (Å²) >= 11 is 0. The number of rotatable bonds is 2. The highest BCUT2D eigenvalue weighted by atomic mass is 15.4. The maximum atomic E-state index is 5.55. The summed E-state index contributed by atoms with van der Waals surface area (Å²) in [6, 6.07) is 8.10. The molecule has 0 aliphatic rings. The Morgan fingerprint density at radius 3 is 2.71 bits per heavy atom. The van der Waals surface area contributed by atoms with Crippen molar-refractivity contribution in [2.24, 2.45) is 5.73 Å². The molecule has 0 saturated heterocycles. The van der Waals surface area contributed by atoms with Crippen LogP contribution < -0.4 is 5.73 Å². The van der Waals surface area contributed by atoms with Crippen molar-refractivity contribution >= 4 is 16.4 Å². The van der Waals surface area contributed by atoms with Crippen molar-refractivity contribution in [3.63, 3.8) is 0 Å². The normalized spacial score (nSPS) is 11.4. The van der Waals surface area contributed by atoms with E-state index in [0.717, 1.165) is 27.9 Å². The zero-order chi connectivity index (χ0) is 11.8. The van der Waals surface area contributed by atoms with E-state index in [-0.39, 0.29) is 0 Å². The molecule has 0 saturated carbocycles. The number of aryl methyl sites for hydroxylation is 1. The highest BCUT2D eigenvalue weighted by Gasteiger charge is 2.10. The van der Waals surface area contributed by atoms with E-state index in [1.165, 1.54) is 0 Å². The lowest BCUT2D eigenvalue weighted by molar-refractivity contribution is 0.784. The SMILES string of the molecule is Cc1nn2c(CCN)nnc2c2ccccc12. The molecule has 0 atom stereocenters. The first-order valence-electron chi connectivity index (χ1n) is 5.61. The molecule has 2 aromatic heterocycles. The Balaban J connectivity index is 2.42. The molecule has 86 valence electrons. The molecule has 5 heteroatoms. The first-order valence-corrected chi connectivity index (χ1v) is 5.61. The average Bonchev–Trinajstić information content (AvgIpc) is 2.74. The van der Waals surface area contributed by atoms with Gasteiger partial charge < -0.3 is 5.73 Å². The van der Waals surface area contributed by atoms with Crippen LogP contribution in [0.25, 0.3) is 16.4 Å². The number of fused-ring (bicyclic) bond motifs is 3. The van der Waals surface area contributed by atoms with Crippen molar-refractivity contribution in [3.8, 4) is 0 Å². The van der Waals surface area contributed by atoms with Crippen molar-refractivity contribution in [2.45, 2.75) is 13.3 Å². The molecule has 2 heterocycles. The van der Waals surface area contributed by atoms with Crippen LogP contribution in [0.5, 0.6) is 0 Å². The van der Waals surface area contributed by atoms with E-state index in [2.05, 4.69) is 21.4 Å². The van der Waals surface area contributed by atoms with Gasteiger partial charge in [0.05, 0.1) is 5.69 Å². The van der Waals surface area contributed by atoms with Crippen LogP contribution in [0.2, 0.25) is 0 Å². The van der Waals surface area contributed by atoms with Crippen molar-refractivity contribution in [2.75, 3.05) is 6.54 Å². The largest absolute Gasteiger partial charge is 0.330 e. The number of nitrogens with two attached hydrogens (primary N) is 1. The number of hydrogen-bond acceptors (Lipinski definition) is 4. The van der Waals surface area contributed by atoms with Crippen LogP contribution in [0.4, 0.5) is 0 Å². The minimum absolute atomic E-state index is 0.550. The van der Waals surface area contributed by atoms with E-state index < -0.39 is 0 Å². The molecule has 0 fully saturated rings. The summed E-state index contributed by atoms with van der Waals surface area (Å²) in [5.41, 5.74) is 7.33. The third-order valence-corrected chi connectivity index (χ3v) is 2.88. The maximum Gasteiger partial charge on any atom is 0.185 e. The zero-order valence-corrected chi connectivity index (χ0v) is 9.59. The molecule has 0 amide bonds. The van der Waals surface area contributed by atoms with Crippen LogP contribution >= 0.6 is 0 Å². The Labute approximate surface area is 98.3 Å².